The van der Waals surface area contributed by atoms with Crippen molar-refractivity contribution in [3.8, 4) is 22.5 Å². The van der Waals surface area contributed by atoms with Gasteiger partial charge in [0.05, 0.1) is 0 Å². The maximum atomic E-state index is 5.95. The first-order valence-corrected chi connectivity index (χ1v) is 7.61. The molecule has 110 valence electrons. The van der Waals surface area contributed by atoms with Crippen LogP contribution in [0.5, 0.6) is 0 Å². The molecular formula is C18H16ClN3. The predicted octanol–water partition coefficient (Wildman–Crippen LogP) is 4.73. The number of halogens is 1. The Bertz CT molecular complexity index is 780. The van der Waals surface area contributed by atoms with Crippen molar-refractivity contribution in [2.24, 2.45) is 0 Å². The van der Waals surface area contributed by atoms with Crippen LogP contribution in [0.4, 0.5) is 0 Å². The molecular weight excluding hydrogens is 294 g/mol. The molecule has 0 aliphatic rings. The molecule has 0 aliphatic carbocycles. The van der Waals surface area contributed by atoms with E-state index in [9.17, 15) is 0 Å². The van der Waals surface area contributed by atoms with Gasteiger partial charge in [-0.2, -0.15) is 0 Å². The lowest BCUT2D eigenvalue weighted by atomic mass is 10.0. The molecule has 3 aromatic rings. The van der Waals surface area contributed by atoms with Gasteiger partial charge in [0.15, 0.2) is 0 Å². The summed E-state index contributed by atoms with van der Waals surface area (Å²) in [7, 11) is 0. The molecule has 4 heteroatoms. The van der Waals surface area contributed by atoms with Crippen LogP contribution in [0.2, 0.25) is 5.28 Å². The molecule has 1 aromatic heterocycles. The molecule has 0 amide bonds. The highest BCUT2D eigenvalue weighted by atomic mass is 35.5. The summed E-state index contributed by atoms with van der Waals surface area (Å²) >= 11 is 5.95. The molecule has 0 aliphatic heterocycles. The maximum Gasteiger partial charge on any atom is 0.243 e. The van der Waals surface area contributed by atoms with Crippen molar-refractivity contribution in [1.82, 2.24) is 15.2 Å². The average molecular weight is 310 g/mol. The fourth-order valence-electron chi connectivity index (χ4n) is 2.31. The van der Waals surface area contributed by atoms with Gasteiger partial charge in [-0.05, 0) is 30.5 Å². The SMILES string of the molecule is CCc1ccc(-c2nnc(Cl)nc2-c2ccc(C)cc2)cc1. The van der Waals surface area contributed by atoms with Gasteiger partial charge < -0.3 is 0 Å². The third kappa shape index (κ3) is 3.00. The van der Waals surface area contributed by atoms with E-state index in [1.54, 1.807) is 0 Å². The summed E-state index contributed by atoms with van der Waals surface area (Å²) < 4.78 is 0. The van der Waals surface area contributed by atoms with Crippen molar-refractivity contribution in [3.63, 3.8) is 0 Å². The van der Waals surface area contributed by atoms with Gasteiger partial charge in [-0.3, -0.25) is 0 Å². The zero-order chi connectivity index (χ0) is 15.5. The number of aryl methyl sites for hydroxylation is 2. The fraction of sp³-hybridized carbons (Fsp3) is 0.167. The molecule has 0 atom stereocenters. The molecule has 0 fully saturated rings. The van der Waals surface area contributed by atoms with E-state index in [-0.39, 0.29) is 5.28 Å². The molecule has 0 radical (unpaired) electrons. The summed E-state index contributed by atoms with van der Waals surface area (Å²) in [6.45, 7) is 4.19. The minimum absolute atomic E-state index is 0.157. The van der Waals surface area contributed by atoms with Crippen molar-refractivity contribution in [1.29, 1.82) is 0 Å². The van der Waals surface area contributed by atoms with E-state index < -0.39 is 0 Å². The molecule has 1 heterocycles. The normalized spacial score (nSPS) is 10.7. The largest absolute Gasteiger partial charge is 0.243 e. The zero-order valence-electron chi connectivity index (χ0n) is 12.5. The second-order valence-corrected chi connectivity index (χ2v) is 5.53. The number of benzene rings is 2. The lowest BCUT2D eigenvalue weighted by Crippen LogP contribution is -1.97. The standard InChI is InChI=1S/C18H16ClN3/c1-3-13-6-10-15(11-7-13)17-16(20-18(19)22-21-17)14-8-4-12(2)5-9-14/h4-11H,3H2,1-2H3. The third-order valence-electron chi connectivity index (χ3n) is 3.62. The van der Waals surface area contributed by atoms with Gasteiger partial charge in [0.1, 0.15) is 11.4 Å². The van der Waals surface area contributed by atoms with Crippen LogP contribution in [-0.4, -0.2) is 15.2 Å². The summed E-state index contributed by atoms with van der Waals surface area (Å²) in [5.74, 6) is 0. The fourth-order valence-corrected chi connectivity index (χ4v) is 2.43. The Morgan fingerprint density at radius 2 is 1.41 bits per heavy atom. The molecule has 0 N–H and O–H groups in total. The average Bonchev–Trinajstić information content (AvgIpc) is 2.56. The van der Waals surface area contributed by atoms with Crippen molar-refractivity contribution in [3.05, 3.63) is 64.9 Å². The van der Waals surface area contributed by atoms with E-state index in [1.807, 2.05) is 12.1 Å². The predicted molar refractivity (Wildman–Crippen MR) is 89.8 cm³/mol. The Kier molecular flexibility index (Phi) is 4.16. The summed E-state index contributed by atoms with van der Waals surface area (Å²) in [6.07, 6.45) is 1.01. The first-order valence-electron chi connectivity index (χ1n) is 7.24. The smallest absolute Gasteiger partial charge is 0.214 e. The Balaban J connectivity index is 2.12. The second kappa shape index (κ2) is 6.24. The van der Waals surface area contributed by atoms with Crippen LogP contribution in [0.3, 0.4) is 0 Å². The highest BCUT2D eigenvalue weighted by molar-refractivity contribution is 6.28. The molecule has 0 spiro atoms. The van der Waals surface area contributed by atoms with Crippen LogP contribution in [0.15, 0.2) is 48.5 Å². The maximum absolute atomic E-state index is 5.95. The summed E-state index contributed by atoms with van der Waals surface area (Å²) in [6, 6.07) is 16.5. The van der Waals surface area contributed by atoms with Gasteiger partial charge in [0.25, 0.3) is 0 Å². The molecule has 0 unspecified atom stereocenters. The monoisotopic (exact) mass is 309 g/mol. The molecule has 3 rings (SSSR count). The first-order chi connectivity index (χ1) is 10.7. The Labute approximate surface area is 135 Å². The number of hydrogen-bond donors (Lipinski definition) is 0. The van der Waals surface area contributed by atoms with Crippen LogP contribution in [0.25, 0.3) is 22.5 Å². The number of rotatable bonds is 3. The van der Waals surface area contributed by atoms with E-state index in [2.05, 4.69) is 65.4 Å². The van der Waals surface area contributed by atoms with Gasteiger partial charge >= 0.3 is 0 Å². The molecule has 0 saturated heterocycles. The quantitative estimate of drug-likeness (QED) is 0.702. The highest BCUT2D eigenvalue weighted by Crippen LogP contribution is 2.29. The summed E-state index contributed by atoms with van der Waals surface area (Å²) in [5.41, 5.74) is 5.96. The van der Waals surface area contributed by atoms with Crippen LogP contribution < -0.4 is 0 Å². The van der Waals surface area contributed by atoms with Crippen molar-refractivity contribution < 1.29 is 0 Å². The first kappa shape index (κ1) is 14.7. The second-order valence-electron chi connectivity index (χ2n) is 5.19. The van der Waals surface area contributed by atoms with Crippen molar-refractivity contribution in [2.45, 2.75) is 20.3 Å². The van der Waals surface area contributed by atoms with Gasteiger partial charge in [-0.25, -0.2) is 4.98 Å². The third-order valence-corrected chi connectivity index (χ3v) is 3.78. The van der Waals surface area contributed by atoms with E-state index in [0.29, 0.717) is 0 Å². The molecule has 22 heavy (non-hydrogen) atoms. The van der Waals surface area contributed by atoms with Crippen LogP contribution in [0, 0.1) is 6.92 Å². The summed E-state index contributed by atoms with van der Waals surface area (Å²) in [4.78, 5) is 4.38. The molecule has 0 bridgehead atoms. The van der Waals surface area contributed by atoms with Gasteiger partial charge in [-0.15, -0.1) is 10.2 Å². The highest BCUT2D eigenvalue weighted by Gasteiger charge is 2.12. The van der Waals surface area contributed by atoms with Gasteiger partial charge in [0.2, 0.25) is 5.28 Å². The van der Waals surface area contributed by atoms with Crippen molar-refractivity contribution in [2.75, 3.05) is 0 Å². The number of nitrogens with zero attached hydrogens (tertiary/aromatic N) is 3. The topological polar surface area (TPSA) is 38.7 Å². The lowest BCUT2D eigenvalue weighted by Gasteiger charge is -2.08. The minimum Gasteiger partial charge on any atom is -0.214 e. The van der Waals surface area contributed by atoms with Crippen LogP contribution in [0.1, 0.15) is 18.1 Å². The van der Waals surface area contributed by atoms with E-state index in [4.69, 9.17) is 11.6 Å². The Hall–Kier alpha value is -2.26. The summed E-state index contributed by atoms with van der Waals surface area (Å²) in [5, 5.41) is 8.32. The Morgan fingerprint density at radius 1 is 0.818 bits per heavy atom. The van der Waals surface area contributed by atoms with E-state index >= 15 is 0 Å². The Morgan fingerprint density at radius 3 is 2.05 bits per heavy atom. The zero-order valence-corrected chi connectivity index (χ0v) is 13.3. The minimum atomic E-state index is 0.157. The van der Waals surface area contributed by atoms with E-state index in [0.717, 1.165) is 28.9 Å². The molecule has 2 aromatic carbocycles. The van der Waals surface area contributed by atoms with Crippen LogP contribution in [-0.2, 0) is 6.42 Å². The van der Waals surface area contributed by atoms with Gasteiger partial charge in [-0.1, -0.05) is 61.0 Å². The number of hydrogen-bond acceptors (Lipinski definition) is 3. The molecule has 3 nitrogen and oxygen atoms in total. The lowest BCUT2D eigenvalue weighted by molar-refractivity contribution is 0.981. The van der Waals surface area contributed by atoms with Crippen molar-refractivity contribution >= 4 is 11.6 Å². The molecule has 0 saturated carbocycles. The van der Waals surface area contributed by atoms with Crippen LogP contribution >= 0.6 is 11.6 Å². The number of aromatic nitrogens is 3. The van der Waals surface area contributed by atoms with Gasteiger partial charge in [0, 0.05) is 11.1 Å². The van der Waals surface area contributed by atoms with E-state index in [1.165, 1.54) is 11.1 Å².